The van der Waals surface area contributed by atoms with E-state index in [0.717, 1.165) is 23.2 Å². The van der Waals surface area contributed by atoms with Gasteiger partial charge in [-0.05, 0) is 51.9 Å². The zero-order valence-corrected chi connectivity index (χ0v) is 24.2. The molecule has 1 fully saturated rings. The molecule has 1 atom stereocenters. The first-order valence-electron chi connectivity index (χ1n) is 13.1. The van der Waals surface area contributed by atoms with Gasteiger partial charge in [-0.2, -0.15) is 5.10 Å². The Bertz CT molecular complexity index is 1040. The van der Waals surface area contributed by atoms with E-state index in [-0.39, 0.29) is 18.7 Å². The van der Waals surface area contributed by atoms with Crippen molar-refractivity contribution in [2.45, 2.75) is 65.0 Å². The molecule has 0 spiro atoms. The first kappa shape index (κ1) is 27.2. The lowest BCUT2D eigenvalue weighted by Crippen LogP contribution is -2.57. The molecule has 1 aromatic rings. The Kier molecular flexibility index (Phi) is 7.75. The van der Waals surface area contributed by atoms with Crippen molar-refractivity contribution in [2.75, 3.05) is 55.9 Å². The molecule has 37 heavy (non-hydrogen) atoms. The SMILES string of the molecule is CC1C(=O)N(COCC[Si](C)(C)C)N=C2COc3ccc(N4CCN(C(=O)OC(C)(C)C)CC4)cc3N21. The van der Waals surface area contributed by atoms with Crippen molar-refractivity contribution in [2.24, 2.45) is 5.10 Å². The summed E-state index contributed by atoms with van der Waals surface area (Å²) in [6.45, 7) is 18.1. The summed E-state index contributed by atoms with van der Waals surface area (Å²) < 4.78 is 17.3. The number of hydrazone groups is 1. The van der Waals surface area contributed by atoms with E-state index in [0.29, 0.717) is 45.2 Å². The Hall–Kier alpha value is -2.79. The van der Waals surface area contributed by atoms with E-state index < -0.39 is 19.7 Å². The highest BCUT2D eigenvalue weighted by Gasteiger charge is 2.39. The number of piperazine rings is 1. The van der Waals surface area contributed by atoms with Gasteiger partial charge in [0.05, 0.1) is 5.69 Å². The van der Waals surface area contributed by atoms with Crippen molar-refractivity contribution < 1.29 is 23.8 Å². The molecule has 0 aliphatic carbocycles. The largest absolute Gasteiger partial charge is 0.483 e. The standard InChI is InChI=1S/C26H41N5O5Si/c1-19-24(32)30(18-34-14-15-37(5,6)7)27-23-17-35-22-9-8-20(16-21(22)31(19)23)28-10-12-29(13-11-28)25(33)36-26(2,3)4/h8-9,16,19H,10-15,17-18H2,1-7H3. The highest BCUT2D eigenvalue weighted by Crippen LogP contribution is 2.38. The van der Waals surface area contributed by atoms with E-state index in [9.17, 15) is 9.59 Å². The van der Waals surface area contributed by atoms with Gasteiger partial charge >= 0.3 is 6.09 Å². The average Bonchev–Trinajstić information content (AvgIpc) is 2.82. The molecule has 10 nitrogen and oxygen atoms in total. The van der Waals surface area contributed by atoms with Gasteiger partial charge in [0.1, 0.15) is 30.7 Å². The predicted molar refractivity (Wildman–Crippen MR) is 147 cm³/mol. The zero-order chi connectivity index (χ0) is 27.0. The summed E-state index contributed by atoms with van der Waals surface area (Å²) >= 11 is 0. The minimum atomic E-state index is -1.20. The lowest BCUT2D eigenvalue weighted by atomic mass is 10.1. The van der Waals surface area contributed by atoms with Crippen molar-refractivity contribution in [3.05, 3.63) is 18.2 Å². The molecule has 1 saturated heterocycles. The second-order valence-corrected chi connectivity index (χ2v) is 17.7. The molecule has 2 amide bonds. The Morgan fingerprint density at radius 1 is 1.16 bits per heavy atom. The minimum Gasteiger partial charge on any atom is -0.483 e. The van der Waals surface area contributed by atoms with Gasteiger partial charge in [0.15, 0.2) is 5.84 Å². The number of hydrogen-bond donors (Lipinski definition) is 0. The molecule has 1 aromatic carbocycles. The maximum atomic E-state index is 13.2. The molecule has 1 unspecified atom stereocenters. The summed E-state index contributed by atoms with van der Waals surface area (Å²) in [6.07, 6.45) is -0.276. The first-order valence-corrected chi connectivity index (χ1v) is 16.8. The summed E-state index contributed by atoms with van der Waals surface area (Å²) in [6, 6.07) is 6.65. The van der Waals surface area contributed by atoms with E-state index in [1.807, 2.05) is 44.7 Å². The van der Waals surface area contributed by atoms with Crippen LogP contribution in [0.1, 0.15) is 27.7 Å². The molecule has 3 aliphatic rings. The molecule has 204 valence electrons. The Morgan fingerprint density at radius 2 is 1.86 bits per heavy atom. The van der Waals surface area contributed by atoms with Gasteiger partial charge in [0.2, 0.25) is 0 Å². The van der Waals surface area contributed by atoms with Gasteiger partial charge in [-0.15, -0.1) is 0 Å². The van der Waals surface area contributed by atoms with Crippen LogP contribution >= 0.6 is 0 Å². The summed E-state index contributed by atoms with van der Waals surface area (Å²) in [5.74, 6) is 1.33. The summed E-state index contributed by atoms with van der Waals surface area (Å²) in [5, 5.41) is 6.01. The maximum absolute atomic E-state index is 13.2. The van der Waals surface area contributed by atoms with Gasteiger partial charge in [-0.1, -0.05) is 19.6 Å². The Morgan fingerprint density at radius 3 is 2.51 bits per heavy atom. The topological polar surface area (TPSA) is 87.2 Å². The van der Waals surface area contributed by atoms with Crippen molar-refractivity contribution in [1.82, 2.24) is 9.91 Å². The number of amidine groups is 1. The number of benzene rings is 1. The number of amides is 2. The summed E-state index contributed by atoms with van der Waals surface area (Å²) in [7, 11) is -1.20. The van der Waals surface area contributed by atoms with E-state index in [4.69, 9.17) is 14.2 Å². The highest BCUT2D eigenvalue weighted by molar-refractivity contribution is 6.76. The van der Waals surface area contributed by atoms with Crippen LogP contribution in [0, 0.1) is 0 Å². The van der Waals surface area contributed by atoms with Crippen molar-refractivity contribution >= 4 is 37.3 Å². The fraction of sp³-hybridized carbons (Fsp3) is 0.654. The number of fused-ring (bicyclic) bond motifs is 3. The molecule has 0 aromatic heterocycles. The van der Waals surface area contributed by atoms with Crippen molar-refractivity contribution in [3.8, 4) is 5.75 Å². The Balaban J connectivity index is 1.44. The van der Waals surface area contributed by atoms with Gasteiger partial charge < -0.3 is 28.9 Å². The van der Waals surface area contributed by atoms with Crippen LogP contribution in [0.4, 0.5) is 16.2 Å². The summed E-state index contributed by atoms with van der Waals surface area (Å²) in [4.78, 5) is 31.6. The van der Waals surface area contributed by atoms with Crippen LogP contribution in [0.15, 0.2) is 23.3 Å². The van der Waals surface area contributed by atoms with Crippen LogP contribution < -0.4 is 14.5 Å². The quantitative estimate of drug-likeness (QED) is 0.408. The second kappa shape index (κ2) is 10.5. The molecular weight excluding hydrogens is 490 g/mol. The highest BCUT2D eigenvalue weighted by atomic mass is 28.3. The first-order chi connectivity index (χ1) is 17.3. The van der Waals surface area contributed by atoms with Crippen LogP contribution in [0.3, 0.4) is 0 Å². The fourth-order valence-electron chi connectivity index (χ4n) is 4.48. The molecule has 11 heteroatoms. The lowest BCUT2D eigenvalue weighted by molar-refractivity contribution is -0.138. The number of rotatable bonds is 6. The van der Waals surface area contributed by atoms with Crippen molar-refractivity contribution in [3.63, 3.8) is 0 Å². The molecule has 3 aliphatic heterocycles. The molecule has 3 heterocycles. The number of carbonyl (C=O) groups excluding carboxylic acids is 2. The fourth-order valence-corrected chi connectivity index (χ4v) is 5.24. The number of ether oxygens (including phenoxy) is 3. The van der Waals surface area contributed by atoms with Gasteiger partial charge in [-0.25, -0.2) is 9.80 Å². The molecule has 0 radical (unpaired) electrons. The van der Waals surface area contributed by atoms with E-state index in [1.165, 1.54) is 5.01 Å². The predicted octanol–water partition coefficient (Wildman–Crippen LogP) is 3.80. The zero-order valence-electron chi connectivity index (χ0n) is 23.2. The number of anilines is 2. The van der Waals surface area contributed by atoms with Gasteiger partial charge in [0, 0.05) is 46.5 Å². The normalized spacial score (nSPS) is 20.2. The molecular formula is C26H41N5O5Si. The smallest absolute Gasteiger partial charge is 0.410 e. The maximum Gasteiger partial charge on any atom is 0.410 e. The third-order valence-electron chi connectivity index (χ3n) is 6.58. The van der Waals surface area contributed by atoms with Gasteiger partial charge in [-0.3, -0.25) is 4.79 Å². The molecule has 0 N–H and O–H groups in total. The summed E-state index contributed by atoms with van der Waals surface area (Å²) in [5.41, 5.74) is 1.34. The van der Waals surface area contributed by atoms with Crippen LogP contribution in [-0.2, 0) is 14.3 Å². The van der Waals surface area contributed by atoms with Crippen LogP contribution in [0.2, 0.25) is 25.7 Å². The van der Waals surface area contributed by atoms with Crippen LogP contribution in [-0.4, -0.2) is 93.6 Å². The van der Waals surface area contributed by atoms with Crippen LogP contribution in [0.5, 0.6) is 5.75 Å². The van der Waals surface area contributed by atoms with Crippen LogP contribution in [0.25, 0.3) is 0 Å². The van der Waals surface area contributed by atoms with E-state index in [1.54, 1.807) is 4.90 Å². The van der Waals surface area contributed by atoms with Gasteiger partial charge in [0.25, 0.3) is 5.91 Å². The minimum absolute atomic E-state index is 0.0963. The second-order valence-electron chi connectivity index (χ2n) is 12.0. The lowest BCUT2D eigenvalue weighted by Gasteiger charge is -2.42. The van der Waals surface area contributed by atoms with E-state index in [2.05, 4.69) is 35.7 Å². The average molecular weight is 532 g/mol. The third-order valence-corrected chi connectivity index (χ3v) is 8.28. The van der Waals surface area contributed by atoms with E-state index >= 15 is 0 Å². The number of nitrogens with zero attached hydrogens (tertiary/aromatic N) is 5. The molecule has 4 rings (SSSR count). The number of carbonyl (C=O) groups is 2. The molecule has 0 saturated carbocycles. The molecule has 0 bridgehead atoms. The van der Waals surface area contributed by atoms with Crippen molar-refractivity contribution in [1.29, 1.82) is 0 Å². The monoisotopic (exact) mass is 531 g/mol. The Labute approximate surface area is 221 Å². The third kappa shape index (κ3) is 6.56. The number of hydrogen-bond acceptors (Lipinski definition) is 8.